The van der Waals surface area contributed by atoms with Crippen molar-refractivity contribution in [3.63, 3.8) is 0 Å². The number of hydrogen-bond acceptors (Lipinski definition) is 4. The molecule has 0 bridgehead atoms. The Labute approximate surface area is 92.6 Å². The maximum Gasteiger partial charge on any atom is 0.573 e. The molecular formula is C7H4ClF3O4S. The first-order valence-electron chi connectivity index (χ1n) is 3.63. The average molecular weight is 277 g/mol. The normalized spacial score (nSPS) is 12.5. The molecule has 0 radical (unpaired) electrons. The summed E-state index contributed by atoms with van der Waals surface area (Å²) in [5.74, 6) is -1.88. The number of rotatable bonds is 2. The standard InChI is InChI=1S/C7H4ClF3O4S/c8-16(13,14)4-1-2-5(12)6(3-4)15-7(9,10)11/h1-3,12H. The third-order valence-corrected chi connectivity index (χ3v) is 2.79. The summed E-state index contributed by atoms with van der Waals surface area (Å²) >= 11 is 0. The third kappa shape index (κ3) is 3.46. The Morgan fingerprint density at radius 2 is 1.88 bits per heavy atom. The molecule has 1 aromatic carbocycles. The molecule has 0 saturated carbocycles. The molecule has 0 atom stereocenters. The van der Waals surface area contributed by atoms with Crippen molar-refractivity contribution < 1.29 is 31.4 Å². The van der Waals surface area contributed by atoms with Crippen molar-refractivity contribution in [1.82, 2.24) is 0 Å². The summed E-state index contributed by atoms with van der Waals surface area (Å²) in [6.07, 6.45) is -5.04. The summed E-state index contributed by atoms with van der Waals surface area (Å²) in [6.45, 7) is 0. The molecule has 0 aliphatic rings. The monoisotopic (exact) mass is 276 g/mol. The van der Waals surface area contributed by atoms with Gasteiger partial charge in [-0.3, -0.25) is 0 Å². The first kappa shape index (κ1) is 12.9. The number of phenolic OH excluding ortho intramolecular Hbond substituents is 1. The molecule has 0 heterocycles. The molecule has 4 nitrogen and oxygen atoms in total. The lowest BCUT2D eigenvalue weighted by atomic mass is 10.3. The number of aromatic hydroxyl groups is 1. The molecule has 1 rings (SSSR count). The van der Waals surface area contributed by atoms with Crippen LogP contribution >= 0.6 is 10.7 Å². The highest BCUT2D eigenvalue weighted by Crippen LogP contribution is 2.33. The van der Waals surface area contributed by atoms with Gasteiger partial charge < -0.3 is 9.84 Å². The SMILES string of the molecule is O=S(=O)(Cl)c1ccc(O)c(OC(F)(F)F)c1. The molecule has 90 valence electrons. The van der Waals surface area contributed by atoms with E-state index in [0.29, 0.717) is 6.07 Å². The van der Waals surface area contributed by atoms with Crippen molar-refractivity contribution in [2.75, 3.05) is 0 Å². The minimum atomic E-state index is -5.04. The maximum atomic E-state index is 11.8. The third-order valence-electron chi connectivity index (χ3n) is 1.44. The lowest BCUT2D eigenvalue weighted by Gasteiger charge is -2.10. The van der Waals surface area contributed by atoms with Crippen molar-refractivity contribution in [2.45, 2.75) is 11.3 Å². The Balaban J connectivity index is 3.20. The summed E-state index contributed by atoms with van der Waals surface area (Å²) < 4.78 is 60.5. The van der Waals surface area contributed by atoms with E-state index in [4.69, 9.17) is 15.8 Å². The Morgan fingerprint density at radius 3 is 2.31 bits per heavy atom. The van der Waals surface area contributed by atoms with E-state index in [1.807, 2.05) is 0 Å². The van der Waals surface area contributed by atoms with Crippen LogP contribution in [0, 0.1) is 0 Å². The zero-order chi connectivity index (χ0) is 12.6. The summed E-state index contributed by atoms with van der Waals surface area (Å²) in [6, 6.07) is 2.06. The van der Waals surface area contributed by atoms with E-state index >= 15 is 0 Å². The molecule has 1 aromatic rings. The Bertz CT molecular complexity index is 497. The van der Waals surface area contributed by atoms with Crippen molar-refractivity contribution in [3.05, 3.63) is 18.2 Å². The van der Waals surface area contributed by atoms with Gasteiger partial charge in [-0.05, 0) is 12.1 Å². The smallest absolute Gasteiger partial charge is 0.504 e. The van der Waals surface area contributed by atoms with Gasteiger partial charge in [-0.25, -0.2) is 8.42 Å². The van der Waals surface area contributed by atoms with Crippen LogP contribution in [0.15, 0.2) is 23.1 Å². The zero-order valence-electron chi connectivity index (χ0n) is 7.32. The predicted octanol–water partition coefficient (Wildman–Crippen LogP) is 2.22. The summed E-state index contributed by atoms with van der Waals surface area (Å²) in [4.78, 5) is -0.605. The molecule has 0 spiro atoms. The van der Waals surface area contributed by atoms with E-state index in [-0.39, 0.29) is 0 Å². The summed E-state index contributed by atoms with van der Waals surface area (Å²) in [7, 11) is 0.724. The molecule has 16 heavy (non-hydrogen) atoms. The molecule has 0 saturated heterocycles. The zero-order valence-corrected chi connectivity index (χ0v) is 8.90. The number of hydrogen-bond donors (Lipinski definition) is 1. The van der Waals surface area contributed by atoms with Crippen LogP contribution in [0.5, 0.6) is 11.5 Å². The molecular weight excluding hydrogens is 273 g/mol. The van der Waals surface area contributed by atoms with Gasteiger partial charge in [-0.15, -0.1) is 13.2 Å². The van der Waals surface area contributed by atoms with Gasteiger partial charge in [-0.2, -0.15) is 0 Å². The fourth-order valence-corrected chi connectivity index (χ4v) is 1.62. The molecule has 0 aliphatic heterocycles. The first-order chi connectivity index (χ1) is 7.09. The second kappa shape index (κ2) is 4.02. The van der Waals surface area contributed by atoms with Crippen LogP contribution in [0.3, 0.4) is 0 Å². The van der Waals surface area contributed by atoms with Crippen LogP contribution in [0.1, 0.15) is 0 Å². The molecule has 0 amide bonds. The minimum absolute atomic E-state index is 0.477. The Morgan fingerprint density at radius 1 is 1.31 bits per heavy atom. The van der Waals surface area contributed by atoms with Crippen molar-refractivity contribution in [3.8, 4) is 11.5 Å². The Hall–Kier alpha value is -1.15. The minimum Gasteiger partial charge on any atom is -0.504 e. The molecule has 0 fully saturated rings. The van der Waals surface area contributed by atoms with Gasteiger partial charge in [-0.1, -0.05) is 0 Å². The number of ether oxygens (including phenoxy) is 1. The molecule has 0 unspecified atom stereocenters. The van der Waals surface area contributed by atoms with E-state index in [9.17, 15) is 21.6 Å². The second-order valence-corrected chi connectivity index (χ2v) is 5.18. The van der Waals surface area contributed by atoms with Gasteiger partial charge in [0, 0.05) is 16.7 Å². The average Bonchev–Trinajstić information content (AvgIpc) is 2.04. The van der Waals surface area contributed by atoms with Gasteiger partial charge in [0.2, 0.25) is 0 Å². The van der Waals surface area contributed by atoms with Crippen molar-refractivity contribution in [1.29, 1.82) is 0 Å². The van der Waals surface area contributed by atoms with Crippen LogP contribution in [0.25, 0.3) is 0 Å². The maximum absolute atomic E-state index is 11.8. The largest absolute Gasteiger partial charge is 0.573 e. The van der Waals surface area contributed by atoms with Gasteiger partial charge in [0.25, 0.3) is 9.05 Å². The second-order valence-electron chi connectivity index (χ2n) is 2.62. The molecule has 1 N–H and O–H groups in total. The van der Waals surface area contributed by atoms with E-state index in [2.05, 4.69) is 4.74 Å². The van der Waals surface area contributed by atoms with Crippen LogP contribution in [0.4, 0.5) is 13.2 Å². The van der Waals surface area contributed by atoms with Gasteiger partial charge in [0.15, 0.2) is 11.5 Å². The summed E-state index contributed by atoms with van der Waals surface area (Å²) in [5.41, 5.74) is 0. The highest BCUT2D eigenvalue weighted by atomic mass is 35.7. The van der Waals surface area contributed by atoms with Crippen LogP contribution < -0.4 is 4.74 Å². The Kier molecular flexibility index (Phi) is 3.25. The van der Waals surface area contributed by atoms with E-state index in [0.717, 1.165) is 12.1 Å². The number of alkyl halides is 3. The van der Waals surface area contributed by atoms with Gasteiger partial charge in [0.05, 0.1) is 4.90 Å². The first-order valence-corrected chi connectivity index (χ1v) is 5.94. The van der Waals surface area contributed by atoms with Crippen LogP contribution in [-0.2, 0) is 9.05 Å². The fourth-order valence-electron chi connectivity index (χ4n) is 0.853. The highest BCUT2D eigenvalue weighted by Gasteiger charge is 2.32. The number of halogens is 4. The van der Waals surface area contributed by atoms with Gasteiger partial charge >= 0.3 is 6.36 Å². The molecule has 0 aromatic heterocycles. The van der Waals surface area contributed by atoms with Crippen molar-refractivity contribution >= 4 is 19.7 Å². The lowest BCUT2D eigenvalue weighted by Crippen LogP contribution is -2.17. The van der Waals surface area contributed by atoms with Gasteiger partial charge in [0.1, 0.15) is 0 Å². The fraction of sp³-hybridized carbons (Fsp3) is 0.143. The van der Waals surface area contributed by atoms with E-state index in [1.165, 1.54) is 0 Å². The number of phenols is 1. The number of benzene rings is 1. The van der Waals surface area contributed by atoms with Crippen molar-refractivity contribution in [2.24, 2.45) is 0 Å². The van der Waals surface area contributed by atoms with Crippen LogP contribution in [0.2, 0.25) is 0 Å². The highest BCUT2D eigenvalue weighted by molar-refractivity contribution is 8.13. The van der Waals surface area contributed by atoms with Crippen LogP contribution in [-0.4, -0.2) is 19.9 Å². The molecule has 0 aliphatic carbocycles. The predicted molar refractivity (Wildman–Crippen MR) is 47.8 cm³/mol. The topological polar surface area (TPSA) is 63.6 Å². The lowest BCUT2D eigenvalue weighted by molar-refractivity contribution is -0.275. The van der Waals surface area contributed by atoms with E-state index < -0.39 is 31.8 Å². The molecule has 9 heteroatoms. The van der Waals surface area contributed by atoms with E-state index in [1.54, 1.807) is 0 Å². The quantitative estimate of drug-likeness (QED) is 0.841. The summed E-state index contributed by atoms with van der Waals surface area (Å²) in [5, 5.41) is 9.00.